The van der Waals surface area contributed by atoms with Gasteiger partial charge in [0.15, 0.2) is 16.8 Å². The number of aromatic nitrogens is 1. The van der Waals surface area contributed by atoms with Gasteiger partial charge in [0.1, 0.15) is 0 Å². The fraction of sp³-hybridized carbons (Fsp3) is 0.238. The second-order valence-corrected chi connectivity index (χ2v) is 9.88. The molecule has 168 valence electrons. The van der Waals surface area contributed by atoms with Gasteiger partial charge >= 0.3 is 0 Å². The van der Waals surface area contributed by atoms with Crippen LogP contribution in [0, 0.1) is 18.6 Å². The summed E-state index contributed by atoms with van der Waals surface area (Å²) in [6.07, 6.45) is 0. The minimum atomic E-state index is -3.77. The van der Waals surface area contributed by atoms with Crippen molar-refractivity contribution in [1.29, 1.82) is 0 Å². The summed E-state index contributed by atoms with van der Waals surface area (Å²) in [5, 5.41) is 4.47. The second kappa shape index (κ2) is 9.02. The highest BCUT2D eigenvalue weighted by Gasteiger charge is 2.28. The molecule has 0 bridgehead atoms. The number of carbonyl (C=O) groups is 1. The van der Waals surface area contributed by atoms with Crippen LogP contribution in [0.15, 0.2) is 46.7 Å². The number of benzene rings is 2. The number of carbonyl (C=O) groups excluding carboxylic acids is 1. The van der Waals surface area contributed by atoms with Crippen LogP contribution in [0.2, 0.25) is 0 Å². The molecule has 1 fully saturated rings. The van der Waals surface area contributed by atoms with Crippen LogP contribution in [0.3, 0.4) is 0 Å². The summed E-state index contributed by atoms with van der Waals surface area (Å²) < 4.78 is 59.2. The predicted molar refractivity (Wildman–Crippen MR) is 116 cm³/mol. The molecule has 2 aromatic carbocycles. The van der Waals surface area contributed by atoms with Gasteiger partial charge in [0.05, 0.1) is 23.8 Å². The van der Waals surface area contributed by atoms with E-state index < -0.39 is 27.6 Å². The van der Waals surface area contributed by atoms with E-state index in [1.807, 2.05) is 0 Å². The lowest BCUT2D eigenvalue weighted by atomic mass is 10.1. The molecule has 11 heteroatoms. The number of thiazole rings is 1. The van der Waals surface area contributed by atoms with Crippen LogP contribution in [-0.4, -0.2) is 49.9 Å². The average Bonchev–Trinajstić information content (AvgIpc) is 3.25. The van der Waals surface area contributed by atoms with Crippen LogP contribution < -0.4 is 5.32 Å². The first-order chi connectivity index (χ1) is 15.3. The molecule has 7 nitrogen and oxygen atoms in total. The smallest absolute Gasteiger partial charge is 0.257 e. The van der Waals surface area contributed by atoms with E-state index in [1.165, 1.54) is 22.5 Å². The Bertz CT molecular complexity index is 1270. The maximum atomic E-state index is 13.5. The first-order valence-electron chi connectivity index (χ1n) is 9.66. The Morgan fingerprint density at radius 1 is 1.12 bits per heavy atom. The standard InChI is InChI=1S/C21H19F2N3O4S2/c1-13-2-3-15(11-19(13)32(28,29)26-6-8-30-9-7-26)20(27)25-21-24-18(12-31-21)14-4-5-16(22)17(23)10-14/h2-5,10-12H,6-9H2,1H3,(H,24,25,27). The second-order valence-electron chi connectivity index (χ2n) is 7.12. The van der Waals surface area contributed by atoms with Crippen molar-refractivity contribution < 1.29 is 26.7 Å². The number of sulfonamides is 1. The van der Waals surface area contributed by atoms with Crippen molar-refractivity contribution in [2.75, 3.05) is 31.6 Å². The Morgan fingerprint density at radius 3 is 2.59 bits per heavy atom. The number of hydrogen-bond acceptors (Lipinski definition) is 6. The first kappa shape index (κ1) is 22.5. The van der Waals surface area contributed by atoms with E-state index in [0.29, 0.717) is 30.0 Å². The SMILES string of the molecule is Cc1ccc(C(=O)Nc2nc(-c3ccc(F)c(F)c3)cs2)cc1S(=O)(=O)N1CCOCC1. The van der Waals surface area contributed by atoms with Gasteiger partial charge in [-0.05, 0) is 42.8 Å². The Balaban J connectivity index is 1.55. The summed E-state index contributed by atoms with van der Waals surface area (Å²) >= 11 is 1.11. The predicted octanol–water partition coefficient (Wildman–Crippen LogP) is 3.67. The lowest BCUT2D eigenvalue weighted by Crippen LogP contribution is -2.40. The van der Waals surface area contributed by atoms with Gasteiger partial charge in [-0.2, -0.15) is 4.31 Å². The molecule has 0 atom stereocenters. The van der Waals surface area contributed by atoms with E-state index >= 15 is 0 Å². The molecule has 1 amide bonds. The number of nitrogens with one attached hydrogen (secondary N) is 1. The zero-order valence-corrected chi connectivity index (χ0v) is 18.6. The Kier molecular flexibility index (Phi) is 6.33. The van der Waals surface area contributed by atoms with Crippen LogP contribution in [0.25, 0.3) is 11.3 Å². The van der Waals surface area contributed by atoms with E-state index in [-0.39, 0.29) is 28.7 Å². The van der Waals surface area contributed by atoms with Crippen LogP contribution in [0.5, 0.6) is 0 Å². The van der Waals surface area contributed by atoms with Gasteiger partial charge in [0.25, 0.3) is 5.91 Å². The highest BCUT2D eigenvalue weighted by molar-refractivity contribution is 7.89. The third-order valence-corrected chi connectivity index (χ3v) is 7.78. The third-order valence-electron chi connectivity index (χ3n) is 4.98. The number of amides is 1. The van der Waals surface area contributed by atoms with Crippen molar-refractivity contribution in [3.63, 3.8) is 0 Å². The molecule has 0 aliphatic carbocycles. The highest BCUT2D eigenvalue weighted by atomic mass is 32.2. The summed E-state index contributed by atoms with van der Waals surface area (Å²) in [4.78, 5) is 17.0. The number of anilines is 1. The Hall–Kier alpha value is -2.73. The molecule has 0 spiro atoms. The number of rotatable bonds is 5. The zero-order chi connectivity index (χ0) is 22.9. The Labute approximate surface area is 187 Å². The molecule has 1 aliphatic heterocycles. The molecule has 3 aromatic rings. The molecule has 32 heavy (non-hydrogen) atoms. The Morgan fingerprint density at radius 2 is 1.88 bits per heavy atom. The van der Waals surface area contributed by atoms with Crippen molar-refractivity contribution in [1.82, 2.24) is 9.29 Å². The van der Waals surface area contributed by atoms with Crippen LogP contribution >= 0.6 is 11.3 Å². The number of morpholine rings is 1. The highest BCUT2D eigenvalue weighted by Crippen LogP contribution is 2.27. The van der Waals surface area contributed by atoms with Crippen LogP contribution in [0.4, 0.5) is 13.9 Å². The van der Waals surface area contributed by atoms with E-state index in [4.69, 9.17) is 4.74 Å². The van der Waals surface area contributed by atoms with Crippen molar-refractivity contribution in [2.45, 2.75) is 11.8 Å². The minimum Gasteiger partial charge on any atom is -0.379 e. The number of halogens is 2. The first-order valence-corrected chi connectivity index (χ1v) is 12.0. The third kappa shape index (κ3) is 4.56. The van der Waals surface area contributed by atoms with E-state index in [2.05, 4.69) is 10.3 Å². The lowest BCUT2D eigenvalue weighted by Gasteiger charge is -2.26. The van der Waals surface area contributed by atoms with E-state index in [0.717, 1.165) is 23.5 Å². The quantitative estimate of drug-likeness (QED) is 0.603. The van der Waals surface area contributed by atoms with Crippen molar-refractivity contribution in [2.24, 2.45) is 0 Å². The molecule has 0 radical (unpaired) electrons. The topological polar surface area (TPSA) is 88.6 Å². The molecule has 2 heterocycles. The molecule has 0 unspecified atom stereocenters. The molecule has 0 saturated carbocycles. The maximum absolute atomic E-state index is 13.5. The molecular formula is C21H19F2N3O4S2. The van der Waals surface area contributed by atoms with Crippen molar-refractivity contribution >= 4 is 32.4 Å². The largest absolute Gasteiger partial charge is 0.379 e. The molecule has 4 rings (SSSR count). The van der Waals surface area contributed by atoms with Crippen LogP contribution in [0.1, 0.15) is 15.9 Å². The van der Waals surface area contributed by atoms with Crippen molar-refractivity contribution in [3.8, 4) is 11.3 Å². The van der Waals surface area contributed by atoms with Crippen molar-refractivity contribution in [3.05, 3.63) is 64.5 Å². The molecule has 1 saturated heterocycles. The number of hydrogen-bond donors (Lipinski definition) is 1. The minimum absolute atomic E-state index is 0.0636. The number of nitrogens with zero attached hydrogens (tertiary/aromatic N) is 2. The fourth-order valence-corrected chi connectivity index (χ4v) is 5.61. The summed E-state index contributed by atoms with van der Waals surface area (Å²) in [5.74, 6) is -2.48. The number of ether oxygens (including phenoxy) is 1. The summed E-state index contributed by atoms with van der Waals surface area (Å²) in [6, 6.07) is 7.88. The maximum Gasteiger partial charge on any atom is 0.257 e. The monoisotopic (exact) mass is 479 g/mol. The van der Waals surface area contributed by atoms with E-state index in [9.17, 15) is 22.0 Å². The zero-order valence-electron chi connectivity index (χ0n) is 17.0. The molecule has 1 aliphatic rings. The van der Waals surface area contributed by atoms with Crippen LogP contribution in [-0.2, 0) is 14.8 Å². The summed E-state index contributed by atoms with van der Waals surface area (Å²) in [5.41, 5.74) is 1.44. The summed E-state index contributed by atoms with van der Waals surface area (Å²) in [6.45, 7) is 2.82. The summed E-state index contributed by atoms with van der Waals surface area (Å²) in [7, 11) is -3.77. The molecular weight excluding hydrogens is 460 g/mol. The van der Waals surface area contributed by atoms with Gasteiger partial charge in [-0.25, -0.2) is 22.2 Å². The fourth-order valence-electron chi connectivity index (χ4n) is 3.23. The van der Waals surface area contributed by atoms with Gasteiger partial charge in [-0.15, -0.1) is 11.3 Å². The molecule has 1 N–H and O–H groups in total. The average molecular weight is 480 g/mol. The van der Waals surface area contributed by atoms with Gasteiger partial charge in [0.2, 0.25) is 10.0 Å². The number of aryl methyl sites for hydroxylation is 1. The van der Waals surface area contributed by atoms with Gasteiger partial charge in [-0.3, -0.25) is 10.1 Å². The lowest BCUT2D eigenvalue weighted by molar-refractivity contribution is 0.0730. The molecule has 1 aromatic heterocycles. The van der Waals surface area contributed by atoms with Gasteiger partial charge in [-0.1, -0.05) is 6.07 Å². The van der Waals surface area contributed by atoms with E-state index in [1.54, 1.807) is 18.4 Å². The normalized spacial score (nSPS) is 15.0. The van der Waals surface area contributed by atoms with Gasteiger partial charge < -0.3 is 4.74 Å². The van der Waals surface area contributed by atoms with Gasteiger partial charge in [0, 0.05) is 29.6 Å².